The number of esters is 1. The number of nitrogens with zero attached hydrogens (tertiary/aromatic N) is 2. The van der Waals surface area contributed by atoms with E-state index < -0.39 is 18.5 Å². The largest absolute Gasteiger partial charge is 0.456 e. The summed E-state index contributed by atoms with van der Waals surface area (Å²) in [4.78, 5) is 32.5. The lowest BCUT2D eigenvalue weighted by molar-refractivity contribution is -0.147. The highest BCUT2D eigenvalue weighted by Crippen LogP contribution is 2.25. The first kappa shape index (κ1) is 20.0. The number of pyridine rings is 2. The van der Waals surface area contributed by atoms with Gasteiger partial charge < -0.3 is 10.1 Å². The van der Waals surface area contributed by atoms with Gasteiger partial charge in [0.25, 0.3) is 5.91 Å². The first-order chi connectivity index (χ1) is 13.4. The quantitative estimate of drug-likeness (QED) is 0.602. The van der Waals surface area contributed by atoms with Gasteiger partial charge in [-0.3, -0.25) is 14.6 Å². The lowest BCUT2D eigenvalue weighted by atomic mass is 10.1. The van der Waals surface area contributed by atoms with E-state index in [1.165, 1.54) is 6.07 Å². The van der Waals surface area contributed by atoms with Crippen molar-refractivity contribution in [1.82, 2.24) is 9.97 Å². The minimum atomic E-state index is -0.534. The fourth-order valence-electron chi connectivity index (χ4n) is 2.51. The van der Waals surface area contributed by atoms with Gasteiger partial charge in [-0.25, -0.2) is 4.98 Å². The van der Waals surface area contributed by atoms with Gasteiger partial charge in [-0.05, 0) is 25.1 Å². The number of hydrogen-bond donors (Lipinski definition) is 1. The second kappa shape index (κ2) is 8.99. The molecule has 0 bridgehead atoms. The number of nitrogens with one attached hydrogen (secondary N) is 1. The number of aryl methyl sites for hydroxylation is 2. The van der Waals surface area contributed by atoms with Crippen LogP contribution in [0, 0.1) is 6.92 Å². The molecule has 0 radical (unpaired) electrons. The van der Waals surface area contributed by atoms with Crippen LogP contribution in [0.3, 0.4) is 0 Å². The Morgan fingerprint density at radius 2 is 1.86 bits per heavy atom. The Balaban J connectivity index is 1.48. The summed E-state index contributed by atoms with van der Waals surface area (Å²) in [5.41, 5.74) is 2.18. The molecular weight excluding hydrogens is 401 g/mol. The van der Waals surface area contributed by atoms with Crippen molar-refractivity contribution in [3.05, 3.63) is 63.9 Å². The summed E-state index contributed by atoms with van der Waals surface area (Å²) in [5, 5.41) is 4.14. The molecule has 1 aromatic carbocycles. The molecule has 0 saturated carbocycles. The first-order valence-corrected chi connectivity index (χ1v) is 9.31. The van der Waals surface area contributed by atoms with Crippen molar-refractivity contribution in [3.63, 3.8) is 0 Å². The summed E-state index contributed by atoms with van der Waals surface area (Å²) in [7, 11) is 0. The molecule has 2 aromatic heterocycles. The highest BCUT2D eigenvalue weighted by atomic mass is 35.5. The number of halogens is 2. The van der Waals surface area contributed by atoms with E-state index in [1.807, 2.05) is 36.4 Å². The van der Waals surface area contributed by atoms with E-state index in [-0.39, 0.29) is 17.3 Å². The number of carbonyl (C=O) groups excluding carboxylic acids is 2. The third kappa shape index (κ3) is 5.18. The zero-order valence-electron chi connectivity index (χ0n) is 15.0. The predicted molar refractivity (Wildman–Crippen MR) is 109 cm³/mol. The Hall–Kier alpha value is -2.70. The molecule has 0 aliphatic carbocycles. The monoisotopic (exact) mass is 417 g/mol. The summed E-state index contributed by atoms with van der Waals surface area (Å²) in [6.45, 7) is 1.26. The van der Waals surface area contributed by atoms with Crippen molar-refractivity contribution >= 4 is 51.8 Å². The standard InChI is InChI=1S/C20H17Cl2N3O3/c1-12-15(21)10-16(22)20(23-12)25-18(26)11-28-19(27)9-8-14-7-6-13-4-2-3-5-17(13)24-14/h2-7,10H,8-9,11H2,1H3,(H,23,25,26). The summed E-state index contributed by atoms with van der Waals surface area (Å²) in [6.07, 6.45) is 0.548. The van der Waals surface area contributed by atoms with Gasteiger partial charge >= 0.3 is 5.97 Å². The van der Waals surface area contributed by atoms with Gasteiger partial charge in [0.05, 0.1) is 27.7 Å². The zero-order valence-corrected chi connectivity index (χ0v) is 16.5. The van der Waals surface area contributed by atoms with Gasteiger partial charge in [0.1, 0.15) is 0 Å². The van der Waals surface area contributed by atoms with Gasteiger partial charge in [-0.2, -0.15) is 0 Å². The van der Waals surface area contributed by atoms with Crippen LogP contribution in [0.2, 0.25) is 10.0 Å². The summed E-state index contributed by atoms with van der Waals surface area (Å²) in [6, 6.07) is 13.1. The minimum Gasteiger partial charge on any atom is -0.456 e. The van der Waals surface area contributed by atoms with Crippen LogP contribution in [-0.2, 0) is 20.7 Å². The summed E-state index contributed by atoms with van der Waals surface area (Å²) < 4.78 is 5.00. The fraction of sp³-hybridized carbons (Fsp3) is 0.200. The third-order valence-corrected chi connectivity index (χ3v) is 4.64. The second-order valence-corrected chi connectivity index (χ2v) is 6.90. The van der Waals surface area contributed by atoms with Gasteiger partial charge in [-0.15, -0.1) is 0 Å². The fourth-order valence-corrected chi connectivity index (χ4v) is 2.92. The lowest BCUT2D eigenvalue weighted by Crippen LogP contribution is -2.22. The summed E-state index contributed by atoms with van der Waals surface area (Å²) >= 11 is 11.9. The molecule has 0 fully saturated rings. The average molecular weight is 418 g/mol. The smallest absolute Gasteiger partial charge is 0.306 e. The maximum atomic E-state index is 12.0. The molecule has 3 rings (SSSR count). The molecule has 28 heavy (non-hydrogen) atoms. The number of benzene rings is 1. The zero-order chi connectivity index (χ0) is 20.1. The number of carbonyl (C=O) groups is 2. The number of ether oxygens (including phenoxy) is 1. The topological polar surface area (TPSA) is 81.2 Å². The molecule has 6 nitrogen and oxygen atoms in total. The number of rotatable bonds is 6. The van der Waals surface area contributed by atoms with Crippen LogP contribution < -0.4 is 5.32 Å². The Bertz CT molecular complexity index is 1040. The third-order valence-electron chi connectivity index (χ3n) is 3.97. The molecule has 144 valence electrons. The van der Waals surface area contributed by atoms with Crippen molar-refractivity contribution in [1.29, 1.82) is 0 Å². The maximum absolute atomic E-state index is 12.0. The highest BCUT2D eigenvalue weighted by molar-refractivity contribution is 6.36. The van der Waals surface area contributed by atoms with Crippen molar-refractivity contribution in [2.24, 2.45) is 0 Å². The molecule has 0 spiro atoms. The minimum absolute atomic E-state index is 0.123. The Labute approximate surface area is 171 Å². The molecule has 3 aromatic rings. The number of para-hydroxylation sites is 1. The van der Waals surface area contributed by atoms with E-state index in [0.717, 1.165) is 16.6 Å². The van der Waals surface area contributed by atoms with Gasteiger partial charge in [0.15, 0.2) is 12.4 Å². The lowest BCUT2D eigenvalue weighted by Gasteiger charge is -2.09. The normalized spacial score (nSPS) is 10.7. The average Bonchev–Trinajstić information content (AvgIpc) is 2.68. The Kier molecular flexibility index (Phi) is 6.44. The molecule has 0 atom stereocenters. The van der Waals surface area contributed by atoms with Gasteiger partial charge in [0.2, 0.25) is 0 Å². The van der Waals surface area contributed by atoms with E-state index in [9.17, 15) is 9.59 Å². The van der Waals surface area contributed by atoms with Gasteiger partial charge in [0, 0.05) is 17.5 Å². The number of anilines is 1. The van der Waals surface area contributed by atoms with Crippen LogP contribution in [-0.4, -0.2) is 28.5 Å². The first-order valence-electron chi connectivity index (χ1n) is 8.55. The van der Waals surface area contributed by atoms with E-state index in [4.69, 9.17) is 27.9 Å². The van der Waals surface area contributed by atoms with Crippen molar-refractivity contribution in [2.45, 2.75) is 19.8 Å². The molecule has 2 heterocycles. The van der Waals surface area contributed by atoms with Crippen LogP contribution in [0.25, 0.3) is 10.9 Å². The van der Waals surface area contributed by atoms with E-state index in [1.54, 1.807) is 6.92 Å². The van der Waals surface area contributed by atoms with Crippen LogP contribution >= 0.6 is 23.2 Å². The molecular formula is C20H17Cl2N3O3. The van der Waals surface area contributed by atoms with E-state index in [2.05, 4.69) is 15.3 Å². The molecule has 0 aliphatic rings. The molecule has 0 aliphatic heterocycles. The molecule has 0 saturated heterocycles. The molecule has 1 amide bonds. The van der Waals surface area contributed by atoms with Crippen molar-refractivity contribution in [3.8, 4) is 0 Å². The van der Waals surface area contributed by atoms with E-state index in [0.29, 0.717) is 17.1 Å². The summed E-state index contributed by atoms with van der Waals surface area (Å²) in [5.74, 6) is -0.852. The van der Waals surface area contributed by atoms with Crippen LogP contribution in [0.15, 0.2) is 42.5 Å². The van der Waals surface area contributed by atoms with Crippen LogP contribution in [0.5, 0.6) is 0 Å². The van der Waals surface area contributed by atoms with Crippen molar-refractivity contribution in [2.75, 3.05) is 11.9 Å². The molecule has 1 N–H and O–H groups in total. The number of hydrogen-bond acceptors (Lipinski definition) is 5. The number of fused-ring (bicyclic) bond motifs is 1. The Morgan fingerprint density at radius 1 is 1.07 bits per heavy atom. The number of aromatic nitrogens is 2. The highest BCUT2D eigenvalue weighted by Gasteiger charge is 2.12. The van der Waals surface area contributed by atoms with Crippen LogP contribution in [0.4, 0.5) is 5.82 Å². The number of amides is 1. The van der Waals surface area contributed by atoms with Gasteiger partial charge in [-0.1, -0.05) is 47.5 Å². The SMILES string of the molecule is Cc1nc(NC(=O)COC(=O)CCc2ccc3ccccc3n2)c(Cl)cc1Cl. The van der Waals surface area contributed by atoms with E-state index >= 15 is 0 Å². The van der Waals surface area contributed by atoms with Crippen LogP contribution in [0.1, 0.15) is 17.8 Å². The molecule has 0 unspecified atom stereocenters. The second-order valence-electron chi connectivity index (χ2n) is 6.09. The Morgan fingerprint density at radius 3 is 2.68 bits per heavy atom. The predicted octanol–water partition coefficient (Wildman–Crippen LogP) is 4.36. The molecule has 8 heteroatoms. The maximum Gasteiger partial charge on any atom is 0.306 e. The van der Waals surface area contributed by atoms with Crippen molar-refractivity contribution < 1.29 is 14.3 Å².